The highest BCUT2D eigenvalue weighted by Gasteiger charge is 2.45. The number of hydrogen-bond acceptors (Lipinski definition) is 9. The van der Waals surface area contributed by atoms with Crippen LogP contribution in [0.4, 0.5) is 60.7 Å². The molecule has 2 aliphatic heterocycles. The molecule has 0 spiro atoms. The van der Waals surface area contributed by atoms with Gasteiger partial charge in [0.1, 0.15) is 23.8 Å². The van der Waals surface area contributed by atoms with Gasteiger partial charge in [0.25, 0.3) is 0 Å². The number of rotatable bonds is 13. The van der Waals surface area contributed by atoms with E-state index in [9.17, 15) is 49.1 Å². The summed E-state index contributed by atoms with van der Waals surface area (Å²) in [6.45, 7) is 12.9. The van der Waals surface area contributed by atoms with Crippen molar-refractivity contribution in [2.75, 3.05) is 22.9 Å². The van der Waals surface area contributed by atoms with Crippen LogP contribution in [0.5, 0.6) is 0 Å². The number of aromatic nitrogens is 2. The largest absolute Gasteiger partial charge is 0.439 e. The normalized spacial score (nSPS) is 20.6. The van der Waals surface area contributed by atoms with Gasteiger partial charge in [-0.05, 0) is 149 Å². The molecule has 3 aromatic heterocycles. The van der Waals surface area contributed by atoms with Crippen molar-refractivity contribution in [1.29, 1.82) is 0 Å². The molecule has 422 valence electrons. The third-order valence-electron chi connectivity index (χ3n) is 15.3. The molecular weight excluding hydrogens is 1120 g/mol. The number of anilines is 2. The second-order valence-corrected chi connectivity index (χ2v) is 22.9. The Labute approximate surface area is 461 Å². The fraction of sp³-hybridized carbons (Fsp3) is 0.509. The lowest BCUT2D eigenvalue weighted by atomic mass is 9.93. The van der Waals surface area contributed by atoms with E-state index in [4.69, 9.17) is 19.4 Å². The van der Waals surface area contributed by atoms with Crippen LogP contribution in [0.2, 0.25) is 0 Å². The van der Waals surface area contributed by atoms with Crippen molar-refractivity contribution >= 4 is 51.1 Å². The third kappa shape index (κ3) is 13.4. The maximum Gasteiger partial charge on any atom is 0.416 e. The van der Waals surface area contributed by atoms with Crippen molar-refractivity contribution in [3.05, 3.63) is 127 Å². The van der Waals surface area contributed by atoms with Gasteiger partial charge in [0.05, 0.1) is 41.9 Å². The van der Waals surface area contributed by atoms with Gasteiger partial charge < -0.3 is 19.3 Å². The Morgan fingerprint density at radius 1 is 0.603 bits per heavy atom. The summed E-state index contributed by atoms with van der Waals surface area (Å²) in [5.41, 5.74) is -0.682. The van der Waals surface area contributed by atoms with Gasteiger partial charge in [-0.3, -0.25) is 9.80 Å². The van der Waals surface area contributed by atoms with Crippen LogP contribution >= 0.6 is 27.3 Å². The van der Waals surface area contributed by atoms with Crippen molar-refractivity contribution in [3.63, 3.8) is 0 Å². The Bertz CT molecular complexity index is 2890. The van der Waals surface area contributed by atoms with Crippen LogP contribution in [0.3, 0.4) is 0 Å². The summed E-state index contributed by atoms with van der Waals surface area (Å²) in [5, 5.41) is 0. The van der Waals surface area contributed by atoms with E-state index in [1.807, 2.05) is 51.2 Å². The van der Waals surface area contributed by atoms with Gasteiger partial charge in [0.15, 0.2) is 0 Å². The van der Waals surface area contributed by atoms with E-state index in [1.165, 1.54) is 30.6 Å². The molecule has 4 fully saturated rings. The zero-order chi connectivity index (χ0) is 56.4. The van der Waals surface area contributed by atoms with Gasteiger partial charge in [-0.1, -0.05) is 50.2 Å². The Hall–Kier alpha value is -5.57. The highest BCUT2D eigenvalue weighted by atomic mass is 79.9. The molecule has 0 radical (unpaired) electrons. The maximum atomic E-state index is 13.6. The number of carbonyl (C=O) groups excluding carboxylic acids is 2. The number of nitrogens with zero attached hydrogens (tertiary/aromatic N) is 6. The predicted molar refractivity (Wildman–Crippen MR) is 285 cm³/mol. The number of cyclic esters (lactones) is 2. The molecular formula is C57H64BrF9N6O4S. The fourth-order valence-corrected chi connectivity index (χ4v) is 12.6. The van der Waals surface area contributed by atoms with Gasteiger partial charge in [-0.2, -0.15) is 39.5 Å². The molecule has 2 aliphatic carbocycles. The molecule has 78 heavy (non-hydrogen) atoms. The first-order chi connectivity index (χ1) is 36.8. The molecule has 4 aliphatic rings. The monoisotopic (exact) mass is 1180 g/mol. The van der Waals surface area contributed by atoms with E-state index < -0.39 is 71.7 Å². The third-order valence-corrected chi connectivity index (χ3v) is 16.8. The van der Waals surface area contributed by atoms with E-state index in [2.05, 4.69) is 32.7 Å². The van der Waals surface area contributed by atoms with E-state index >= 15 is 0 Å². The number of alkyl halides is 9. The van der Waals surface area contributed by atoms with Crippen molar-refractivity contribution in [1.82, 2.24) is 19.8 Å². The van der Waals surface area contributed by atoms with Crippen LogP contribution in [-0.2, 0) is 41.1 Å². The second kappa shape index (κ2) is 24.0. The molecule has 1 unspecified atom stereocenters. The zero-order valence-corrected chi connectivity index (χ0v) is 46.7. The van der Waals surface area contributed by atoms with Crippen LogP contribution in [0.25, 0.3) is 10.4 Å². The molecule has 0 bridgehead atoms. The number of aryl methyl sites for hydroxylation is 2. The molecule has 0 N–H and O–H groups in total. The summed E-state index contributed by atoms with van der Waals surface area (Å²) in [7, 11) is 0. The Morgan fingerprint density at radius 2 is 1.04 bits per heavy atom. The highest BCUT2D eigenvalue weighted by Crippen LogP contribution is 2.44. The number of benzene rings is 2. The molecule has 2 aromatic carbocycles. The molecule has 2 saturated heterocycles. The van der Waals surface area contributed by atoms with Crippen LogP contribution in [0.15, 0.2) is 77.5 Å². The Kier molecular flexibility index (Phi) is 18.0. The number of halogens is 10. The average molecular weight is 1180 g/mol. The van der Waals surface area contributed by atoms with Gasteiger partial charge in [-0.15, -0.1) is 11.3 Å². The quantitative estimate of drug-likeness (QED) is 0.108. The second-order valence-electron chi connectivity index (χ2n) is 20.7. The van der Waals surface area contributed by atoms with Gasteiger partial charge >= 0.3 is 30.7 Å². The molecule has 4 atom stereocenters. The van der Waals surface area contributed by atoms with Gasteiger partial charge in [0.2, 0.25) is 0 Å². The first kappa shape index (κ1) is 58.6. The number of ether oxygens (including phenoxy) is 2. The van der Waals surface area contributed by atoms with Crippen LogP contribution in [0.1, 0.15) is 153 Å². The molecule has 2 saturated carbocycles. The SMILES string of the molecule is CCN(c1ncc(-c2ccc(C)s2)cc1CN1C(=O)OC(c2cc(C(F)(F)F)cc(C(F)(F)F)c2)[C@@H]1C)C1CCCCC1.CCN(c1ncc(Br)cc1CN1C(=O)O[C@H](c2cc(C)cc(C(F)(F)F)c2)[C@@H]1C)C1CCCCC1. The Balaban J connectivity index is 0.000000210. The molecule has 5 heterocycles. The fourth-order valence-electron chi connectivity index (χ4n) is 11.4. The first-order valence-electron chi connectivity index (χ1n) is 26.5. The smallest absolute Gasteiger partial charge is 0.416 e. The minimum absolute atomic E-state index is 0.0331. The lowest BCUT2D eigenvalue weighted by molar-refractivity contribution is -0.143. The zero-order valence-electron chi connectivity index (χ0n) is 44.3. The minimum Gasteiger partial charge on any atom is -0.439 e. The minimum atomic E-state index is -5.01. The average Bonchev–Trinajstić information content (AvgIpc) is 4.08. The lowest BCUT2D eigenvalue weighted by Crippen LogP contribution is -2.39. The molecule has 5 aromatic rings. The summed E-state index contributed by atoms with van der Waals surface area (Å²) in [6, 6.07) is 12.5. The summed E-state index contributed by atoms with van der Waals surface area (Å²) in [4.78, 5) is 45.3. The first-order valence-corrected chi connectivity index (χ1v) is 28.1. The van der Waals surface area contributed by atoms with E-state index in [1.54, 1.807) is 42.3 Å². The number of pyridine rings is 2. The van der Waals surface area contributed by atoms with Crippen molar-refractivity contribution in [2.45, 2.75) is 174 Å². The number of hydrogen-bond donors (Lipinski definition) is 0. The number of amides is 2. The highest BCUT2D eigenvalue weighted by molar-refractivity contribution is 9.10. The summed E-state index contributed by atoms with van der Waals surface area (Å²) >= 11 is 5.11. The van der Waals surface area contributed by atoms with Crippen molar-refractivity contribution in [2.24, 2.45) is 0 Å². The standard InChI is InChI=1S/C31H33F6N3O2S.C26H31BrF3N3O2/c1-4-39(25-8-6-5-7-9-25)28-22(12-21(16-38-28)26-11-10-18(2)43-26)17-40-19(3)27(42-29(40)41)20-13-23(30(32,33)34)15-24(14-20)31(35,36)37;1-4-32(22-8-6-5-7-9-22)24-19(13-21(27)14-31-24)15-33-17(3)23(35-25(33)34)18-10-16(2)11-20(12-18)26(28,29)30/h10-16,19,25,27H,4-9,17H2,1-3H3;10-14,17,22-23H,4-9,15H2,1-3H3/t19-,27?;17-,23-/m00/s1. The van der Waals surface area contributed by atoms with Crippen LogP contribution in [0, 0.1) is 13.8 Å². The maximum absolute atomic E-state index is 13.6. The molecule has 21 heteroatoms. The number of thiophene rings is 1. The van der Waals surface area contributed by atoms with Crippen LogP contribution in [-0.4, -0.2) is 69.2 Å². The van der Waals surface area contributed by atoms with Crippen LogP contribution < -0.4 is 9.80 Å². The van der Waals surface area contributed by atoms with Crippen molar-refractivity contribution in [3.8, 4) is 10.4 Å². The topological polar surface area (TPSA) is 91.3 Å². The Morgan fingerprint density at radius 3 is 1.47 bits per heavy atom. The predicted octanol–water partition coefficient (Wildman–Crippen LogP) is 16.8. The molecule has 9 rings (SSSR count). The molecule has 2 amide bonds. The van der Waals surface area contributed by atoms with E-state index in [0.717, 1.165) is 93.9 Å². The molecule has 10 nitrogen and oxygen atoms in total. The summed E-state index contributed by atoms with van der Waals surface area (Å²) < 4.78 is 133. The lowest BCUT2D eigenvalue weighted by Gasteiger charge is -2.36. The number of carbonyl (C=O) groups is 2. The van der Waals surface area contributed by atoms with Gasteiger partial charge in [0, 0.05) is 68.5 Å². The van der Waals surface area contributed by atoms with Gasteiger partial charge in [-0.25, -0.2) is 19.6 Å². The van der Waals surface area contributed by atoms with E-state index in [0.29, 0.717) is 41.7 Å². The summed E-state index contributed by atoms with van der Waals surface area (Å²) in [5.74, 6) is 1.56. The van der Waals surface area contributed by atoms with Crippen molar-refractivity contribution < 1.29 is 58.6 Å². The summed E-state index contributed by atoms with van der Waals surface area (Å²) in [6.07, 6.45) is -3.07. The van der Waals surface area contributed by atoms with E-state index in [-0.39, 0.29) is 30.8 Å².